The Morgan fingerprint density at radius 2 is 2.07 bits per heavy atom. The van der Waals surface area contributed by atoms with E-state index in [1.165, 1.54) is 0 Å². The summed E-state index contributed by atoms with van der Waals surface area (Å²) in [5, 5.41) is 0. The van der Waals surface area contributed by atoms with Gasteiger partial charge in [-0.05, 0) is 24.3 Å². The molecule has 2 aromatic heterocycles. The highest BCUT2D eigenvalue weighted by molar-refractivity contribution is 5.89. The van der Waals surface area contributed by atoms with E-state index in [0.29, 0.717) is 11.4 Å². The molecule has 0 fully saturated rings. The molecule has 0 spiro atoms. The molecule has 0 aliphatic rings. The lowest BCUT2D eigenvalue weighted by Crippen LogP contribution is -2.08. The van der Waals surface area contributed by atoms with Crippen LogP contribution >= 0.6 is 0 Å². The second-order valence-corrected chi connectivity index (χ2v) is 2.66. The van der Waals surface area contributed by atoms with Crippen molar-refractivity contribution in [2.24, 2.45) is 0 Å². The van der Waals surface area contributed by atoms with E-state index in [0.717, 1.165) is 0 Å². The zero-order valence-electron chi connectivity index (χ0n) is 7.31. The Labute approximate surface area is 80.6 Å². The smallest absolute Gasteiger partial charge is 0.360 e. The van der Waals surface area contributed by atoms with Gasteiger partial charge in [-0.15, -0.1) is 0 Å². The topological polar surface area (TPSA) is 55.0 Å². The van der Waals surface area contributed by atoms with E-state index in [1.54, 1.807) is 42.9 Å². The number of carbonyl (C=O) groups is 1. The number of ether oxygens (including phenoxy) is 1. The van der Waals surface area contributed by atoms with Crippen molar-refractivity contribution < 1.29 is 9.53 Å². The number of pyridine rings is 1. The summed E-state index contributed by atoms with van der Waals surface area (Å²) in [6.07, 6.45) is 4.80. The third-order valence-corrected chi connectivity index (χ3v) is 1.68. The Hall–Kier alpha value is -2.10. The Balaban J connectivity index is 2.10. The van der Waals surface area contributed by atoms with Crippen LogP contribution in [0.5, 0.6) is 5.75 Å². The van der Waals surface area contributed by atoms with Crippen LogP contribution in [0.3, 0.4) is 0 Å². The zero-order chi connectivity index (χ0) is 9.80. The van der Waals surface area contributed by atoms with E-state index >= 15 is 0 Å². The second kappa shape index (κ2) is 3.74. The van der Waals surface area contributed by atoms with E-state index in [-0.39, 0.29) is 0 Å². The molecule has 0 aromatic carbocycles. The quantitative estimate of drug-likeness (QED) is 0.728. The van der Waals surface area contributed by atoms with Gasteiger partial charge in [-0.2, -0.15) is 0 Å². The molecule has 0 aliphatic carbocycles. The van der Waals surface area contributed by atoms with Gasteiger partial charge in [0, 0.05) is 18.6 Å². The molecule has 0 atom stereocenters. The Bertz CT molecular complexity index is 409. The van der Waals surface area contributed by atoms with Crippen LogP contribution in [0.2, 0.25) is 0 Å². The minimum Gasteiger partial charge on any atom is -0.422 e. The molecule has 0 radical (unpaired) electrons. The number of nitrogens with one attached hydrogen (secondary N) is 1. The van der Waals surface area contributed by atoms with Crippen molar-refractivity contribution in [3.8, 4) is 5.75 Å². The van der Waals surface area contributed by atoms with E-state index in [9.17, 15) is 4.79 Å². The average molecular weight is 188 g/mol. The van der Waals surface area contributed by atoms with Crippen LogP contribution in [0.1, 0.15) is 10.5 Å². The van der Waals surface area contributed by atoms with Crippen molar-refractivity contribution in [3.05, 3.63) is 48.5 Å². The highest BCUT2D eigenvalue weighted by Gasteiger charge is 2.07. The highest BCUT2D eigenvalue weighted by Crippen LogP contribution is 2.09. The third-order valence-electron chi connectivity index (χ3n) is 1.68. The number of nitrogens with zero attached hydrogens (tertiary/aromatic N) is 1. The number of aromatic amines is 1. The van der Waals surface area contributed by atoms with Gasteiger partial charge in [-0.3, -0.25) is 4.98 Å². The van der Waals surface area contributed by atoms with Gasteiger partial charge in [0.2, 0.25) is 0 Å². The fourth-order valence-electron chi connectivity index (χ4n) is 1.03. The van der Waals surface area contributed by atoms with Crippen molar-refractivity contribution in [2.75, 3.05) is 0 Å². The summed E-state index contributed by atoms with van der Waals surface area (Å²) in [4.78, 5) is 18.0. The first-order valence-corrected chi connectivity index (χ1v) is 4.12. The molecule has 70 valence electrons. The Morgan fingerprint density at radius 3 is 2.71 bits per heavy atom. The lowest BCUT2D eigenvalue weighted by atomic mass is 10.4. The zero-order valence-corrected chi connectivity index (χ0v) is 7.31. The first-order chi connectivity index (χ1) is 6.86. The van der Waals surface area contributed by atoms with Gasteiger partial charge < -0.3 is 9.72 Å². The van der Waals surface area contributed by atoms with Crippen LogP contribution in [-0.4, -0.2) is 15.9 Å². The SMILES string of the molecule is O=C(Oc1ccncc1)c1ccc[nH]1. The van der Waals surface area contributed by atoms with E-state index in [2.05, 4.69) is 9.97 Å². The first-order valence-electron chi connectivity index (χ1n) is 4.12. The van der Waals surface area contributed by atoms with Crippen molar-refractivity contribution in [3.63, 3.8) is 0 Å². The molecule has 2 aromatic rings. The largest absolute Gasteiger partial charge is 0.422 e. The second-order valence-electron chi connectivity index (χ2n) is 2.66. The van der Waals surface area contributed by atoms with Crippen LogP contribution in [0.15, 0.2) is 42.9 Å². The summed E-state index contributed by atoms with van der Waals surface area (Å²) in [5.74, 6) is 0.0841. The molecule has 2 rings (SSSR count). The summed E-state index contributed by atoms with van der Waals surface area (Å²) < 4.78 is 5.05. The van der Waals surface area contributed by atoms with Gasteiger partial charge in [-0.1, -0.05) is 0 Å². The maximum absolute atomic E-state index is 11.4. The van der Waals surface area contributed by atoms with E-state index in [1.807, 2.05) is 0 Å². The van der Waals surface area contributed by atoms with E-state index < -0.39 is 5.97 Å². The third kappa shape index (κ3) is 1.80. The van der Waals surface area contributed by atoms with Gasteiger partial charge >= 0.3 is 5.97 Å². The summed E-state index contributed by atoms with van der Waals surface area (Å²) in [6, 6.07) is 6.65. The molecule has 14 heavy (non-hydrogen) atoms. The van der Waals surface area contributed by atoms with Gasteiger partial charge in [0.05, 0.1) is 0 Å². The van der Waals surface area contributed by atoms with Crippen LogP contribution in [0.25, 0.3) is 0 Å². The first kappa shape index (κ1) is 8.50. The lowest BCUT2D eigenvalue weighted by molar-refractivity contribution is 0.0729. The van der Waals surface area contributed by atoms with Crippen LogP contribution in [-0.2, 0) is 0 Å². The summed E-state index contributed by atoms with van der Waals surface area (Å²) in [6.45, 7) is 0. The fraction of sp³-hybridized carbons (Fsp3) is 0. The number of H-pyrrole nitrogens is 1. The number of hydrogen-bond donors (Lipinski definition) is 1. The van der Waals surface area contributed by atoms with Crippen molar-refractivity contribution in [1.29, 1.82) is 0 Å². The molecule has 1 N–H and O–H groups in total. The minimum atomic E-state index is -0.402. The van der Waals surface area contributed by atoms with Crippen molar-refractivity contribution in [2.45, 2.75) is 0 Å². The summed E-state index contributed by atoms with van der Waals surface area (Å²) in [7, 11) is 0. The molecule has 0 unspecified atom stereocenters. The van der Waals surface area contributed by atoms with Crippen molar-refractivity contribution >= 4 is 5.97 Å². The Kier molecular flexibility index (Phi) is 2.27. The van der Waals surface area contributed by atoms with Crippen LogP contribution in [0.4, 0.5) is 0 Å². The number of carbonyl (C=O) groups excluding carboxylic acids is 1. The number of esters is 1. The molecule has 0 bridgehead atoms. The normalized spacial score (nSPS) is 9.71. The summed E-state index contributed by atoms with van der Waals surface area (Å²) in [5.41, 5.74) is 0.432. The molecule has 0 amide bonds. The molecule has 2 heterocycles. The molecular formula is C10H8N2O2. The van der Waals surface area contributed by atoms with Crippen LogP contribution in [0, 0.1) is 0 Å². The molecule has 4 heteroatoms. The van der Waals surface area contributed by atoms with E-state index in [4.69, 9.17) is 4.74 Å². The molecule has 0 aliphatic heterocycles. The number of rotatable bonds is 2. The standard InChI is InChI=1S/C10H8N2O2/c13-10(9-2-1-5-12-9)14-8-3-6-11-7-4-8/h1-7,12H. The average Bonchev–Trinajstić information content (AvgIpc) is 2.72. The molecule has 0 saturated heterocycles. The number of aromatic nitrogens is 2. The predicted molar refractivity (Wildman–Crippen MR) is 50.0 cm³/mol. The lowest BCUT2D eigenvalue weighted by Gasteiger charge is -2.00. The van der Waals surface area contributed by atoms with Gasteiger partial charge in [0.15, 0.2) is 0 Å². The monoisotopic (exact) mass is 188 g/mol. The van der Waals surface area contributed by atoms with Gasteiger partial charge in [0.1, 0.15) is 11.4 Å². The van der Waals surface area contributed by atoms with Gasteiger partial charge in [0.25, 0.3) is 0 Å². The molecule has 0 saturated carbocycles. The highest BCUT2D eigenvalue weighted by atomic mass is 16.5. The minimum absolute atomic E-state index is 0.402. The summed E-state index contributed by atoms with van der Waals surface area (Å²) >= 11 is 0. The van der Waals surface area contributed by atoms with Crippen LogP contribution < -0.4 is 4.74 Å². The molecule has 4 nitrogen and oxygen atoms in total. The van der Waals surface area contributed by atoms with Gasteiger partial charge in [-0.25, -0.2) is 4.79 Å². The fourth-order valence-corrected chi connectivity index (χ4v) is 1.03. The Morgan fingerprint density at radius 1 is 1.29 bits per heavy atom. The maximum atomic E-state index is 11.4. The molecular weight excluding hydrogens is 180 g/mol. The maximum Gasteiger partial charge on any atom is 0.360 e. The predicted octanol–water partition coefficient (Wildman–Crippen LogP) is 1.63. The van der Waals surface area contributed by atoms with Crippen molar-refractivity contribution in [1.82, 2.24) is 9.97 Å². The number of hydrogen-bond acceptors (Lipinski definition) is 3.